The van der Waals surface area contributed by atoms with Crippen molar-refractivity contribution in [3.8, 4) is 0 Å². The molecular weight excluding hydrogens is 242 g/mol. The second kappa shape index (κ2) is 5.55. The van der Waals surface area contributed by atoms with Crippen molar-refractivity contribution in [1.29, 1.82) is 0 Å². The molecule has 0 atom stereocenters. The van der Waals surface area contributed by atoms with Gasteiger partial charge in [0.25, 0.3) is 0 Å². The van der Waals surface area contributed by atoms with Crippen LogP contribution in [0.15, 0.2) is 6.07 Å². The van der Waals surface area contributed by atoms with Gasteiger partial charge in [-0.25, -0.2) is 14.8 Å². The third-order valence-corrected chi connectivity index (χ3v) is 3.60. The number of hydrogen-bond acceptors (Lipinski definition) is 5. The number of ether oxygens (including phenoxy) is 1. The molecule has 0 amide bonds. The molecule has 0 spiro atoms. The molecule has 0 bridgehead atoms. The van der Waals surface area contributed by atoms with E-state index in [2.05, 4.69) is 26.9 Å². The van der Waals surface area contributed by atoms with Crippen LogP contribution >= 0.6 is 0 Å². The summed E-state index contributed by atoms with van der Waals surface area (Å²) in [5.74, 6) is 0.321. The van der Waals surface area contributed by atoms with Crippen LogP contribution in [0.3, 0.4) is 0 Å². The maximum Gasteiger partial charge on any atom is 0.376 e. The van der Waals surface area contributed by atoms with Crippen LogP contribution in [0.5, 0.6) is 0 Å². The fourth-order valence-electron chi connectivity index (χ4n) is 2.34. The molecule has 0 aromatic carbocycles. The van der Waals surface area contributed by atoms with Gasteiger partial charge in [0.15, 0.2) is 0 Å². The summed E-state index contributed by atoms with van der Waals surface area (Å²) in [6, 6.07) is 1.86. The summed E-state index contributed by atoms with van der Waals surface area (Å²) in [5.41, 5.74) is 1.21. The standard InChI is InChI=1S/C14H21N3O2/c1-4-5-14(6-7-14)9-15-11-8-10(2)16-12(17-11)13(18)19-3/h8H,4-7,9H2,1-3H3,(H,15,16,17). The Kier molecular flexibility index (Phi) is 4.02. The van der Waals surface area contributed by atoms with Crippen molar-refractivity contribution in [2.24, 2.45) is 5.41 Å². The van der Waals surface area contributed by atoms with Crippen molar-refractivity contribution in [1.82, 2.24) is 9.97 Å². The normalized spacial score (nSPS) is 15.9. The number of aryl methyl sites for hydroxylation is 1. The van der Waals surface area contributed by atoms with Gasteiger partial charge < -0.3 is 10.1 Å². The van der Waals surface area contributed by atoms with Gasteiger partial charge in [0.1, 0.15) is 5.82 Å². The van der Waals surface area contributed by atoms with E-state index in [4.69, 9.17) is 0 Å². The first-order valence-corrected chi connectivity index (χ1v) is 6.76. The van der Waals surface area contributed by atoms with Gasteiger partial charge in [-0.05, 0) is 31.6 Å². The Morgan fingerprint density at radius 1 is 1.47 bits per heavy atom. The summed E-state index contributed by atoms with van der Waals surface area (Å²) in [6.07, 6.45) is 5.01. The predicted octanol–water partition coefficient (Wildman–Crippen LogP) is 2.56. The molecule has 1 aromatic rings. The summed E-state index contributed by atoms with van der Waals surface area (Å²) in [6.45, 7) is 4.97. The Morgan fingerprint density at radius 3 is 2.79 bits per heavy atom. The number of carbonyl (C=O) groups excluding carboxylic acids is 1. The highest BCUT2D eigenvalue weighted by atomic mass is 16.5. The first-order valence-electron chi connectivity index (χ1n) is 6.76. The van der Waals surface area contributed by atoms with E-state index in [0.29, 0.717) is 11.2 Å². The van der Waals surface area contributed by atoms with Crippen LogP contribution in [0.4, 0.5) is 5.82 Å². The summed E-state index contributed by atoms with van der Waals surface area (Å²) in [7, 11) is 1.33. The number of methoxy groups -OCH3 is 1. The molecule has 5 heteroatoms. The lowest BCUT2D eigenvalue weighted by Crippen LogP contribution is -2.17. The van der Waals surface area contributed by atoms with E-state index < -0.39 is 5.97 Å². The monoisotopic (exact) mass is 263 g/mol. The molecule has 1 N–H and O–H groups in total. The number of anilines is 1. The molecule has 1 aliphatic carbocycles. The van der Waals surface area contributed by atoms with E-state index in [9.17, 15) is 4.79 Å². The van der Waals surface area contributed by atoms with Crippen LogP contribution in [0.1, 0.15) is 48.9 Å². The summed E-state index contributed by atoms with van der Waals surface area (Å²) in [4.78, 5) is 19.7. The Bertz CT molecular complexity index is 470. The van der Waals surface area contributed by atoms with Crippen LogP contribution in [-0.4, -0.2) is 29.6 Å². The Balaban J connectivity index is 2.04. The van der Waals surface area contributed by atoms with Gasteiger partial charge in [0.05, 0.1) is 7.11 Å². The average molecular weight is 263 g/mol. The molecule has 0 unspecified atom stereocenters. The Morgan fingerprint density at radius 2 is 2.21 bits per heavy atom. The van der Waals surface area contributed by atoms with Crippen LogP contribution in [0, 0.1) is 12.3 Å². The van der Waals surface area contributed by atoms with Gasteiger partial charge in [-0.3, -0.25) is 0 Å². The topological polar surface area (TPSA) is 64.1 Å². The minimum Gasteiger partial charge on any atom is -0.463 e. The third kappa shape index (κ3) is 3.43. The SMILES string of the molecule is CCCC1(CNc2cc(C)nc(C(=O)OC)n2)CC1. The van der Waals surface area contributed by atoms with Crippen molar-refractivity contribution in [3.05, 3.63) is 17.6 Å². The molecule has 0 radical (unpaired) electrons. The van der Waals surface area contributed by atoms with Gasteiger partial charge in [0, 0.05) is 18.3 Å². The molecule has 1 aliphatic rings. The van der Waals surface area contributed by atoms with E-state index in [-0.39, 0.29) is 5.82 Å². The zero-order valence-electron chi connectivity index (χ0n) is 11.8. The quantitative estimate of drug-likeness (QED) is 0.799. The van der Waals surface area contributed by atoms with Gasteiger partial charge in [-0.2, -0.15) is 0 Å². The van der Waals surface area contributed by atoms with E-state index in [0.717, 1.165) is 12.2 Å². The molecule has 0 aliphatic heterocycles. The highest BCUT2D eigenvalue weighted by molar-refractivity contribution is 5.85. The Labute approximate surface area is 113 Å². The van der Waals surface area contributed by atoms with Gasteiger partial charge >= 0.3 is 5.97 Å². The fraction of sp³-hybridized carbons (Fsp3) is 0.643. The van der Waals surface area contributed by atoms with Crippen LogP contribution in [0.2, 0.25) is 0 Å². The molecule has 2 rings (SSSR count). The van der Waals surface area contributed by atoms with E-state index in [1.807, 2.05) is 13.0 Å². The molecule has 1 heterocycles. The number of aromatic nitrogens is 2. The lowest BCUT2D eigenvalue weighted by Gasteiger charge is -2.15. The average Bonchev–Trinajstić information content (AvgIpc) is 3.16. The second-order valence-electron chi connectivity index (χ2n) is 5.31. The molecule has 19 heavy (non-hydrogen) atoms. The number of hydrogen-bond donors (Lipinski definition) is 1. The number of carbonyl (C=O) groups is 1. The summed E-state index contributed by atoms with van der Waals surface area (Å²) < 4.78 is 4.65. The summed E-state index contributed by atoms with van der Waals surface area (Å²) >= 11 is 0. The van der Waals surface area contributed by atoms with E-state index in [1.54, 1.807) is 0 Å². The first kappa shape index (κ1) is 13.8. The number of nitrogens with one attached hydrogen (secondary N) is 1. The summed E-state index contributed by atoms with van der Waals surface area (Å²) in [5, 5.41) is 3.33. The zero-order chi connectivity index (χ0) is 13.9. The minimum absolute atomic E-state index is 0.116. The smallest absolute Gasteiger partial charge is 0.376 e. The number of rotatable bonds is 6. The highest BCUT2D eigenvalue weighted by Gasteiger charge is 2.41. The van der Waals surface area contributed by atoms with Crippen LogP contribution < -0.4 is 5.32 Å². The Hall–Kier alpha value is -1.65. The molecule has 1 aromatic heterocycles. The molecule has 104 valence electrons. The maximum absolute atomic E-state index is 11.5. The predicted molar refractivity (Wildman–Crippen MR) is 73.2 cm³/mol. The van der Waals surface area contributed by atoms with E-state index in [1.165, 1.54) is 32.8 Å². The van der Waals surface area contributed by atoms with Crippen LogP contribution in [-0.2, 0) is 4.74 Å². The lowest BCUT2D eigenvalue weighted by atomic mass is 10.0. The van der Waals surface area contributed by atoms with Gasteiger partial charge in [0.2, 0.25) is 5.82 Å². The number of nitrogens with zero attached hydrogens (tertiary/aromatic N) is 2. The lowest BCUT2D eigenvalue weighted by molar-refractivity contribution is 0.0586. The highest BCUT2D eigenvalue weighted by Crippen LogP contribution is 2.49. The zero-order valence-corrected chi connectivity index (χ0v) is 11.8. The maximum atomic E-state index is 11.5. The van der Waals surface area contributed by atoms with Crippen LogP contribution in [0.25, 0.3) is 0 Å². The largest absolute Gasteiger partial charge is 0.463 e. The van der Waals surface area contributed by atoms with Crippen molar-refractivity contribution in [2.75, 3.05) is 19.0 Å². The fourth-order valence-corrected chi connectivity index (χ4v) is 2.34. The minimum atomic E-state index is -0.499. The van der Waals surface area contributed by atoms with Crippen molar-refractivity contribution in [3.63, 3.8) is 0 Å². The van der Waals surface area contributed by atoms with Crippen molar-refractivity contribution < 1.29 is 9.53 Å². The van der Waals surface area contributed by atoms with Gasteiger partial charge in [-0.1, -0.05) is 13.3 Å². The first-order chi connectivity index (χ1) is 9.08. The molecule has 0 saturated heterocycles. The molecular formula is C14H21N3O2. The molecule has 5 nitrogen and oxygen atoms in total. The van der Waals surface area contributed by atoms with Gasteiger partial charge in [-0.15, -0.1) is 0 Å². The molecule has 1 saturated carbocycles. The number of esters is 1. The van der Waals surface area contributed by atoms with E-state index >= 15 is 0 Å². The van der Waals surface area contributed by atoms with Crippen molar-refractivity contribution >= 4 is 11.8 Å². The van der Waals surface area contributed by atoms with Crippen molar-refractivity contribution in [2.45, 2.75) is 39.5 Å². The molecule has 1 fully saturated rings. The second-order valence-corrected chi connectivity index (χ2v) is 5.31. The third-order valence-electron chi connectivity index (χ3n) is 3.60.